The van der Waals surface area contributed by atoms with Crippen molar-refractivity contribution >= 4 is 0 Å². The van der Waals surface area contributed by atoms with Crippen LogP contribution >= 0.6 is 0 Å². The molecule has 2 N–H and O–H groups in total. The van der Waals surface area contributed by atoms with Crippen molar-refractivity contribution in [3.63, 3.8) is 0 Å². The van der Waals surface area contributed by atoms with Crippen LogP contribution in [-0.4, -0.2) is 25.2 Å². The van der Waals surface area contributed by atoms with Crippen LogP contribution in [0, 0.1) is 0 Å². The lowest BCUT2D eigenvalue weighted by atomic mass is 9.86. The number of rotatable bonds is 0. The van der Waals surface area contributed by atoms with Gasteiger partial charge in [-0.05, 0) is 38.9 Å². The van der Waals surface area contributed by atoms with Gasteiger partial charge in [0.2, 0.25) is 0 Å². The lowest BCUT2D eigenvalue weighted by molar-refractivity contribution is 0.296. The number of hydrogen-bond acceptors (Lipinski definition) is 2. The molecule has 2 aliphatic heterocycles. The van der Waals surface area contributed by atoms with E-state index in [4.69, 9.17) is 0 Å². The van der Waals surface area contributed by atoms with Gasteiger partial charge >= 0.3 is 0 Å². The molecular formula is C9H16N2. The zero-order valence-corrected chi connectivity index (χ0v) is 6.90. The Bertz CT molecular complexity index is 157. The highest BCUT2D eigenvalue weighted by Crippen LogP contribution is 2.22. The van der Waals surface area contributed by atoms with E-state index in [2.05, 4.69) is 22.8 Å². The van der Waals surface area contributed by atoms with Gasteiger partial charge in [0.1, 0.15) is 0 Å². The third-order valence-electron chi connectivity index (χ3n) is 2.72. The van der Waals surface area contributed by atoms with Gasteiger partial charge in [-0.3, -0.25) is 0 Å². The second-order valence-electron chi connectivity index (χ2n) is 3.52. The molecule has 0 radical (unpaired) electrons. The van der Waals surface area contributed by atoms with Gasteiger partial charge in [0.25, 0.3) is 0 Å². The number of hydrogen-bond donors (Lipinski definition) is 2. The molecule has 2 aliphatic rings. The maximum absolute atomic E-state index is 3.61. The molecule has 0 bridgehead atoms. The average molecular weight is 152 g/mol. The molecule has 0 atom stereocenters. The summed E-state index contributed by atoms with van der Waals surface area (Å²) in [5, 5.41) is 6.99. The van der Waals surface area contributed by atoms with E-state index in [1.165, 1.54) is 19.3 Å². The largest absolute Gasteiger partial charge is 0.317 e. The summed E-state index contributed by atoms with van der Waals surface area (Å²) in [4.78, 5) is 0. The topological polar surface area (TPSA) is 24.1 Å². The van der Waals surface area contributed by atoms with Crippen LogP contribution in [-0.2, 0) is 0 Å². The normalized spacial score (nSPS) is 29.1. The highest BCUT2D eigenvalue weighted by Gasteiger charge is 2.29. The Morgan fingerprint density at radius 1 is 1.09 bits per heavy atom. The molecule has 0 aromatic heterocycles. The monoisotopic (exact) mass is 152 g/mol. The summed E-state index contributed by atoms with van der Waals surface area (Å²) in [5.74, 6) is 0. The molecule has 1 fully saturated rings. The Kier molecular flexibility index (Phi) is 1.96. The predicted molar refractivity (Wildman–Crippen MR) is 46.6 cm³/mol. The second-order valence-corrected chi connectivity index (χ2v) is 3.52. The summed E-state index contributed by atoms with van der Waals surface area (Å²) >= 11 is 0. The van der Waals surface area contributed by atoms with E-state index in [1.807, 2.05) is 0 Å². The fraction of sp³-hybridized carbons (Fsp3) is 0.778. The second kappa shape index (κ2) is 2.95. The van der Waals surface area contributed by atoms with Crippen molar-refractivity contribution in [3.8, 4) is 0 Å². The average Bonchev–Trinajstić information content (AvgIpc) is 2.07. The first-order valence-electron chi connectivity index (χ1n) is 4.55. The van der Waals surface area contributed by atoms with E-state index in [0.29, 0.717) is 5.54 Å². The summed E-state index contributed by atoms with van der Waals surface area (Å²) in [7, 11) is 0. The van der Waals surface area contributed by atoms with Gasteiger partial charge in [-0.25, -0.2) is 0 Å². The van der Waals surface area contributed by atoms with E-state index >= 15 is 0 Å². The SMILES string of the molecule is C1=CC2(CCNCC2)NCC1. The molecule has 1 spiro atoms. The van der Waals surface area contributed by atoms with Gasteiger partial charge in [-0.15, -0.1) is 0 Å². The molecule has 0 amide bonds. The van der Waals surface area contributed by atoms with Crippen LogP contribution in [0.15, 0.2) is 12.2 Å². The Morgan fingerprint density at radius 3 is 2.55 bits per heavy atom. The van der Waals surface area contributed by atoms with Crippen molar-refractivity contribution < 1.29 is 0 Å². The van der Waals surface area contributed by atoms with Crippen molar-refractivity contribution in [1.82, 2.24) is 10.6 Å². The summed E-state index contributed by atoms with van der Waals surface area (Å²) < 4.78 is 0. The summed E-state index contributed by atoms with van der Waals surface area (Å²) in [6, 6.07) is 0. The number of nitrogens with one attached hydrogen (secondary N) is 2. The fourth-order valence-corrected chi connectivity index (χ4v) is 1.99. The predicted octanol–water partition coefficient (Wildman–Crippen LogP) is 0.658. The maximum Gasteiger partial charge on any atom is 0.0388 e. The molecule has 1 saturated heterocycles. The first-order chi connectivity index (χ1) is 5.41. The molecule has 0 unspecified atom stereocenters. The standard InChI is InChI=1S/C9H16N2/c1-2-6-11-9(3-1)4-7-10-8-5-9/h1,3,10-11H,2,4-8H2. The molecular weight excluding hydrogens is 136 g/mol. The summed E-state index contributed by atoms with van der Waals surface area (Å²) in [6.07, 6.45) is 8.40. The van der Waals surface area contributed by atoms with Gasteiger partial charge in [-0.1, -0.05) is 12.2 Å². The third-order valence-corrected chi connectivity index (χ3v) is 2.72. The summed E-state index contributed by atoms with van der Waals surface area (Å²) in [5.41, 5.74) is 0.365. The highest BCUT2D eigenvalue weighted by atomic mass is 15.0. The molecule has 2 heterocycles. The van der Waals surface area contributed by atoms with E-state index in [9.17, 15) is 0 Å². The molecule has 0 saturated carbocycles. The van der Waals surface area contributed by atoms with Crippen LogP contribution < -0.4 is 10.6 Å². The van der Waals surface area contributed by atoms with E-state index in [1.54, 1.807) is 0 Å². The zero-order valence-electron chi connectivity index (χ0n) is 6.90. The molecule has 0 aliphatic carbocycles. The van der Waals surface area contributed by atoms with Crippen molar-refractivity contribution in [2.24, 2.45) is 0 Å². The highest BCUT2D eigenvalue weighted by molar-refractivity contribution is 5.11. The Balaban J connectivity index is 2.06. The third kappa shape index (κ3) is 1.47. The lowest BCUT2D eigenvalue weighted by Crippen LogP contribution is -2.52. The van der Waals surface area contributed by atoms with Crippen molar-refractivity contribution in [1.29, 1.82) is 0 Å². The number of piperidine rings is 1. The molecule has 2 nitrogen and oxygen atoms in total. The van der Waals surface area contributed by atoms with Crippen LogP contribution in [0.2, 0.25) is 0 Å². The van der Waals surface area contributed by atoms with Gasteiger partial charge in [0, 0.05) is 5.54 Å². The Hall–Kier alpha value is -0.340. The minimum atomic E-state index is 0.365. The molecule has 2 rings (SSSR count). The Morgan fingerprint density at radius 2 is 1.91 bits per heavy atom. The van der Waals surface area contributed by atoms with E-state index in [-0.39, 0.29) is 0 Å². The van der Waals surface area contributed by atoms with Gasteiger partial charge in [0.05, 0.1) is 0 Å². The van der Waals surface area contributed by atoms with Gasteiger partial charge in [-0.2, -0.15) is 0 Å². The van der Waals surface area contributed by atoms with E-state index in [0.717, 1.165) is 19.6 Å². The lowest BCUT2D eigenvalue weighted by Gasteiger charge is -2.38. The molecule has 62 valence electrons. The minimum absolute atomic E-state index is 0.365. The quantitative estimate of drug-likeness (QED) is 0.498. The first-order valence-corrected chi connectivity index (χ1v) is 4.55. The van der Waals surface area contributed by atoms with Crippen molar-refractivity contribution in [2.45, 2.75) is 24.8 Å². The van der Waals surface area contributed by atoms with Gasteiger partial charge < -0.3 is 10.6 Å². The van der Waals surface area contributed by atoms with Gasteiger partial charge in [0.15, 0.2) is 0 Å². The maximum atomic E-state index is 3.61. The molecule has 0 aromatic rings. The van der Waals surface area contributed by atoms with Crippen molar-refractivity contribution in [2.75, 3.05) is 19.6 Å². The minimum Gasteiger partial charge on any atom is -0.317 e. The van der Waals surface area contributed by atoms with Crippen LogP contribution in [0.25, 0.3) is 0 Å². The summed E-state index contributed by atoms with van der Waals surface area (Å²) in [6.45, 7) is 3.49. The molecule has 2 heteroatoms. The Labute approximate surface area is 68.1 Å². The van der Waals surface area contributed by atoms with Crippen LogP contribution in [0.5, 0.6) is 0 Å². The van der Waals surface area contributed by atoms with Crippen molar-refractivity contribution in [3.05, 3.63) is 12.2 Å². The van der Waals surface area contributed by atoms with Crippen LogP contribution in [0.3, 0.4) is 0 Å². The first kappa shape index (κ1) is 7.32. The fourth-order valence-electron chi connectivity index (χ4n) is 1.99. The molecule has 0 aromatic carbocycles. The van der Waals surface area contributed by atoms with E-state index < -0.39 is 0 Å². The smallest absolute Gasteiger partial charge is 0.0388 e. The van der Waals surface area contributed by atoms with Crippen LogP contribution in [0.4, 0.5) is 0 Å². The molecule has 11 heavy (non-hydrogen) atoms. The zero-order chi connectivity index (χ0) is 7.57. The van der Waals surface area contributed by atoms with Crippen LogP contribution in [0.1, 0.15) is 19.3 Å².